The Hall–Kier alpha value is -3.71. The van der Waals surface area contributed by atoms with Gasteiger partial charge in [-0.05, 0) is 68.1 Å². The maximum Gasteiger partial charge on any atom is 0.405 e. The summed E-state index contributed by atoms with van der Waals surface area (Å²) in [5.74, 6) is 0.453. The summed E-state index contributed by atoms with van der Waals surface area (Å²) in [7, 11) is 0. The van der Waals surface area contributed by atoms with E-state index in [9.17, 15) is 14.7 Å². The van der Waals surface area contributed by atoms with E-state index in [1.165, 1.54) is 0 Å². The molecule has 1 heterocycles. The average Bonchev–Trinajstić information content (AvgIpc) is 2.92. The molecule has 2 saturated carbocycles. The zero-order valence-corrected chi connectivity index (χ0v) is 23.5. The lowest BCUT2D eigenvalue weighted by molar-refractivity contribution is -0.117. The Kier molecular flexibility index (Phi) is 8.50. The fourth-order valence-electron chi connectivity index (χ4n) is 6.25. The first-order valence-electron chi connectivity index (χ1n) is 14.5. The summed E-state index contributed by atoms with van der Waals surface area (Å²) in [6.45, 7) is 4.36. The van der Waals surface area contributed by atoms with Crippen LogP contribution in [0.4, 0.5) is 10.5 Å². The fourth-order valence-corrected chi connectivity index (χ4v) is 6.25. The van der Waals surface area contributed by atoms with Crippen molar-refractivity contribution in [3.63, 3.8) is 0 Å². The number of aromatic nitrogens is 1. The molecule has 0 aliphatic heterocycles. The van der Waals surface area contributed by atoms with Gasteiger partial charge in [0, 0.05) is 29.6 Å². The molecule has 2 aromatic carbocycles. The van der Waals surface area contributed by atoms with Gasteiger partial charge in [-0.25, -0.2) is 4.79 Å². The van der Waals surface area contributed by atoms with Gasteiger partial charge in [-0.1, -0.05) is 68.4 Å². The Bertz CT molecular complexity index is 1310. The maximum atomic E-state index is 13.0. The topological polar surface area (TPSA) is 103 Å². The third-order valence-corrected chi connectivity index (χ3v) is 8.41. The first-order chi connectivity index (χ1) is 19.3. The van der Waals surface area contributed by atoms with Gasteiger partial charge in [0.1, 0.15) is 0 Å². The Morgan fingerprint density at radius 1 is 0.975 bits per heavy atom. The third kappa shape index (κ3) is 6.53. The monoisotopic (exact) mass is 540 g/mol. The number of nitrogens with one attached hydrogen (secondary N) is 3. The number of carbonyl (C=O) groups excluding carboxylic acids is 1. The molecule has 0 radical (unpaired) electrons. The maximum absolute atomic E-state index is 13.0. The number of carbonyl (C=O) groups is 2. The second-order valence-corrected chi connectivity index (χ2v) is 11.7. The summed E-state index contributed by atoms with van der Waals surface area (Å²) in [4.78, 5) is 29.2. The zero-order chi connectivity index (χ0) is 28.1. The van der Waals surface area contributed by atoms with Gasteiger partial charge in [0.2, 0.25) is 5.91 Å². The fraction of sp³-hybridized carbons (Fsp3) is 0.424. The molecular formula is C33H40N4O3. The van der Waals surface area contributed by atoms with Crippen LogP contribution in [-0.2, 0) is 10.3 Å². The molecule has 0 saturated heterocycles. The van der Waals surface area contributed by atoms with Crippen LogP contribution in [0.3, 0.4) is 0 Å². The summed E-state index contributed by atoms with van der Waals surface area (Å²) in [6.07, 6.45) is 8.27. The van der Waals surface area contributed by atoms with Crippen LogP contribution in [0, 0.1) is 5.92 Å². The van der Waals surface area contributed by atoms with Crippen molar-refractivity contribution in [3.8, 4) is 22.4 Å². The molecule has 40 heavy (non-hydrogen) atoms. The van der Waals surface area contributed by atoms with Crippen LogP contribution < -0.4 is 16.0 Å². The van der Waals surface area contributed by atoms with E-state index < -0.39 is 11.6 Å². The number of benzene rings is 2. The van der Waals surface area contributed by atoms with E-state index in [1.807, 2.05) is 60.7 Å². The molecule has 0 unspecified atom stereocenters. The molecule has 2 fully saturated rings. The van der Waals surface area contributed by atoms with Crippen LogP contribution in [0.1, 0.15) is 70.8 Å². The summed E-state index contributed by atoms with van der Waals surface area (Å²) in [5.41, 5.74) is 4.89. The number of amides is 2. The van der Waals surface area contributed by atoms with E-state index in [1.54, 1.807) is 6.20 Å². The van der Waals surface area contributed by atoms with Crippen LogP contribution in [0.15, 0.2) is 66.9 Å². The standard InChI is InChI=1S/C33H40N4O3/c1-22(2)35-27-15-9-23(10-16-27)19-30(38)36-28-20-29(24-7-4-3-5-8-24)31(34-21-28)25-11-13-26(14-12-25)33(17-6-18-33)37-32(39)40/h3-5,7-8,11-14,20-23,27,35,37H,6,9-10,15-19H2,1-2H3,(H,36,38)(H,39,40)/t23-,27-. The third-order valence-electron chi connectivity index (χ3n) is 8.41. The van der Waals surface area contributed by atoms with E-state index in [0.29, 0.717) is 30.1 Å². The number of hydrogen-bond acceptors (Lipinski definition) is 4. The minimum absolute atomic E-state index is 0.0370. The molecule has 2 aliphatic rings. The van der Waals surface area contributed by atoms with Gasteiger partial charge < -0.3 is 21.1 Å². The van der Waals surface area contributed by atoms with Crippen molar-refractivity contribution in [2.45, 2.75) is 82.8 Å². The predicted octanol–water partition coefficient (Wildman–Crippen LogP) is 6.95. The second kappa shape index (κ2) is 12.2. The van der Waals surface area contributed by atoms with Crippen molar-refractivity contribution < 1.29 is 14.7 Å². The molecule has 3 aromatic rings. The first kappa shape index (κ1) is 27.8. The van der Waals surface area contributed by atoms with Crippen LogP contribution in [0.25, 0.3) is 22.4 Å². The van der Waals surface area contributed by atoms with Gasteiger partial charge in [0.25, 0.3) is 0 Å². The Morgan fingerprint density at radius 2 is 1.68 bits per heavy atom. The van der Waals surface area contributed by atoms with E-state index >= 15 is 0 Å². The predicted molar refractivity (Wildman–Crippen MR) is 159 cm³/mol. The quantitative estimate of drug-likeness (QED) is 0.235. The molecule has 1 aromatic heterocycles. The number of carboxylic acid groups (broad SMARTS) is 1. The molecule has 0 spiro atoms. The van der Waals surface area contributed by atoms with Gasteiger partial charge in [-0.15, -0.1) is 0 Å². The molecular weight excluding hydrogens is 500 g/mol. The number of anilines is 1. The van der Waals surface area contributed by atoms with E-state index in [2.05, 4.69) is 29.8 Å². The van der Waals surface area contributed by atoms with Crippen molar-refractivity contribution in [2.75, 3.05) is 5.32 Å². The van der Waals surface area contributed by atoms with E-state index in [0.717, 1.165) is 72.9 Å². The Morgan fingerprint density at radius 3 is 2.27 bits per heavy atom. The molecule has 210 valence electrons. The van der Waals surface area contributed by atoms with Crippen molar-refractivity contribution in [1.82, 2.24) is 15.6 Å². The summed E-state index contributed by atoms with van der Waals surface area (Å²) >= 11 is 0. The normalized spacial score (nSPS) is 20.0. The van der Waals surface area contributed by atoms with Crippen LogP contribution >= 0.6 is 0 Å². The highest BCUT2D eigenvalue weighted by atomic mass is 16.4. The molecule has 2 aliphatic carbocycles. The van der Waals surface area contributed by atoms with Crippen molar-refractivity contribution >= 4 is 17.7 Å². The lowest BCUT2D eigenvalue weighted by atomic mass is 9.71. The first-order valence-corrected chi connectivity index (χ1v) is 14.5. The van der Waals surface area contributed by atoms with Crippen molar-refractivity contribution in [2.24, 2.45) is 5.92 Å². The highest BCUT2D eigenvalue weighted by Gasteiger charge is 2.40. The summed E-state index contributed by atoms with van der Waals surface area (Å²) in [6, 6.07) is 21.1. The molecule has 2 amide bonds. The highest BCUT2D eigenvalue weighted by molar-refractivity contribution is 5.93. The highest BCUT2D eigenvalue weighted by Crippen LogP contribution is 2.42. The van der Waals surface area contributed by atoms with Gasteiger partial charge in [-0.3, -0.25) is 9.78 Å². The molecule has 5 rings (SSSR count). The summed E-state index contributed by atoms with van der Waals surface area (Å²) in [5, 5.41) is 18.8. The average molecular weight is 541 g/mol. The largest absolute Gasteiger partial charge is 0.465 e. The molecule has 7 heteroatoms. The van der Waals surface area contributed by atoms with Crippen molar-refractivity contribution in [3.05, 3.63) is 72.4 Å². The van der Waals surface area contributed by atoms with Crippen LogP contribution in [-0.4, -0.2) is 34.2 Å². The van der Waals surface area contributed by atoms with Gasteiger partial charge in [-0.2, -0.15) is 0 Å². The van der Waals surface area contributed by atoms with E-state index in [-0.39, 0.29) is 5.91 Å². The Labute approximate surface area is 236 Å². The number of pyridine rings is 1. The van der Waals surface area contributed by atoms with E-state index in [4.69, 9.17) is 4.98 Å². The lowest BCUT2D eigenvalue weighted by Crippen LogP contribution is -2.50. The lowest BCUT2D eigenvalue weighted by Gasteiger charge is -2.42. The molecule has 0 atom stereocenters. The molecule has 0 bridgehead atoms. The number of hydrogen-bond donors (Lipinski definition) is 4. The number of rotatable bonds is 9. The smallest absolute Gasteiger partial charge is 0.405 e. The minimum Gasteiger partial charge on any atom is -0.465 e. The van der Waals surface area contributed by atoms with Crippen LogP contribution in [0.2, 0.25) is 0 Å². The van der Waals surface area contributed by atoms with Crippen molar-refractivity contribution in [1.29, 1.82) is 0 Å². The second-order valence-electron chi connectivity index (χ2n) is 11.7. The summed E-state index contributed by atoms with van der Waals surface area (Å²) < 4.78 is 0. The van der Waals surface area contributed by atoms with Gasteiger partial charge in [0.05, 0.1) is 23.1 Å². The Balaban J connectivity index is 1.32. The molecule has 4 N–H and O–H groups in total. The number of nitrogens with zero attached hydrogens (tertiary/aromatic N) is 1. The SMILES string of the molecule is CC(C)N[C@H]1CC[C@H](CC(=O)Nc2cnc(-c3ccc(C4(NC(=O)O)CCC4)cc3)c(-c3ccccc3)c2)CC1. The minimum atomic E-state index is -0.995. The zero-order valence-electron chi connectivity index (χ0n) is 23.5. The van der Waals surface area contributed by atoms with Gasteiger partial charge in [0.15, 0.2) is 0 Å². The molecule has 7 nitrogen and oxygen atoms in total. The van der Waals surface area contributed by atoms with Gasteiger partial charge >= 0.3 is 6.09 Å². The van der Waals surface area contributed by atoms with Crippen LogP contribution in [0.5, 0.6) is 0 Å².